The maximum Gasteiger partial charge on any atom is 0.222 e. The van der Waals surface area contributed by atoms with Gasteiger partial charge in [0.25, 0.3) is 0 Å². The summed E-state index contributed by atoms with van der Waals surface area (Å²) in [5.41, 5.74) is 7.86. The minimum absolute atomic E-state index is 0.134. The lowest BCUT2D eigenvalue weighted by molar-refractivity contribution is 1.14. The lowest BCUT2D eigenvalue weighted by Crippen LogP contribution is -1.99. The first-order valence-electron chi connectivity index (χ1n) is 4.67. The van der Waals surface area contributed by atoms with Gasteiger partial charge < -0.3 is 5.73 Å². The monoisotopic (exact) mass is 236 g/mol. The zero-order chi connectivity index (χ0) is 12.1. The number of allylic oxidation sites excluding steroid dienone is 2. The van der Waals surface area contributed by atoms with Crippen molar-refractivity contribution >= 4 is 29.5 Å². The fraction of sp³-hybridized carbons (Fsp3) is 0.182. The average Bonchev–Trinajstić information content (AvgIpc) is 2.16. The first kappa shape index (κ1) is 12.4. The van der Waals surface area contributed by atoms with Gasteiger partial charge in [0.2, 0.25) is 5.95 Å². The van der Waals surface area contributed by atoms with Gasteiger partial charge in [-0.2, -0.15) is 0 Å². The number of rotatable bonds is 3. The summed E-state index contributed by atoms with van der Waals surface area (Å²) in [6.07, 6.45) is 3.18. The number of nitrogens with zero attached hydrogens (tertiary/aromatic N) is 3. The highest BCUT2D eigenvalue weighted by Crippen LogP contribution is 2.20. The molecule has 0 aliphatic carbocycles. The number of aliphatic imine (C=N–C) groups is 1. The van der Waals surface area contributed by atoms with Crippen molar-refractivity contribution in [3.8, 4) is 0 Å². The number of nitrogens with two attached hydrogens (primary N) is 1. The molecule has 0 aromatic carbocycles. The van der Waals surface area contributed by atoms with Crippen LogP contribution in [0, 0.1) is 0 Å². The molecule has 4 nitrogen and oxygen atoms in total. The molecular weight excluding hydrogens is 224 g/mol. The van der Waals surface area contributed by atoms with E-state index in [-0.39, 0.29) is 5.95 Å². The van der Waals surface area contributed by atoms with Crippen molar-refractivity contribution in [2.24, 2.45) is 4.99 Å². The summed E-state index contributed by atoms with van der Waals surface area (Å²) < 4.78 is 0. The maximum absolute atomic E-state index is 5.81. The van der Waals surface area contributed by atoms with E-state index < -0.39 is 0 Å². The molecule has 0 bridgehead atoms. The second kappa shape index (κ2) is 5.42. The lowest BCUT2D eigenvalue weighted by atomic mass is 10.2. The van der Waals surface area contributed by atoms with Crippen LogP contribution in [0.25, 0.3) is 5.70 Å². The molecule has 1 rings (SSSR count). The number of nitrogen functional groups attached to an aromatic ring is 1. The van der Waals surface area contributed by atoms with Crippen LogP contribution in [-0.4, -0.2) is 16.2 Å². The van der Waals surface area contributed by atoms with Crippen molar-refractivity contribution in [2.75, 3.05) is 5.73 Å². The van der Waals surface area contributed by atoms with E-state index in [1.807, 2.05) is 13.8 Å². The highest BCUT2D eigenvalue weighted by Gasteiger charge is 2.06. The quantitative estimate of drug-likeness (QED) is 0.648. The van der Waals surface area contributed by atoms with Gasteiger partial charge in [-0.3, -0.25) is 4.99 Å². The Morgan fingerprint density at radius 2 is 2.19 bits per heavy atom. The van der Waals surface area contributed by atoms with Crippen LogP contribution in [0.5, 0.6) is 0 Å². The van der Waals surface area contributed by atoms with Crippen molar-refractivity contribution < 1.29 is 0 Å². The van der Waals surface area contributed by atoms with Crippen LogP contribution in [0.2, 0.25) is 5.15 Å². The molecule has 0 aliphatic rings. The Morgan fingerprint density at radius 3 is 2.69 bits per heavy atom. The van der Waals surface area contributed by atoms with E-state index >= 15 is 0 Å². The molecule has 0 saturated heterocycles. The number of hydrogen-bond acceptors (Lipinski definition) is 4. The number of aromatic nitrogens is 2. The molecule has 0 spiro atoms. The summed E-state index contributed by atoms with van der Waals surface area (Å²) in [4.78, 5) is 12.1. The molecule has 0 aliphatic heterocycles. The molecule has 2 N–H and O–H groups in total. The Hall–Kier alpha value is -1.68. The van der Waals surface area contributed by atoms with Crippen LogP contribution >= 0.6 is 11.6 Å². The molecule has 0 radical (unpaired) electrons. The largest absolute Gasteiger partial charge is 0.368 e. The van der Waals surface area contributed by atoms with Crippen molar-refractivity contribution in [2.45, 2.75) is 13.8 Å². The van der Waals surface area contributed by atoms with E-state index in [4.69, 9.17) is 17.3 Å². The summed E-state index contributed by atoms with van der Waals surface area (Å²) in [6.45, 7) is 7.43. The minimum atomic E-state index is 0.134. The first-order valence-corrected chi connectivity index (χ1v) is 5.05. The zero-order valence-corrected chi connectivity index (χ0v) is 9.99. The molecule has 0 saturated carbocycles. The van der Waals surface area contributed by atoms with Gasteiger partial charge in [0.15, 0.2) is 0 Å². The fourth-order valence-corrected chi connectivity index (χ4v) is 1.33. The van der Waals surface area contributed by atoms with Gasteiger partial charge in [-0.15, -0.1) is 0 Å². The Morgan fingerprint density at radius 1 is 1.50 bits per heavy atom. The molecule has 16 heavy (non-hydrogen) atoms. The Balaban J connectivity index is 3.27. The molecule has 0 amide bonds. The van der Waals surface area contributed by atoms with Crippen LogP contribution in [-0.2, 0) is 0 Å². The van der Waals surface area contributed by atoms with Crippen LogP contribution in [0.1, 0.15) is 19.5 Å². The molecule has 0 fully saturated rings. The van der Waals surface area contributed by atoms with Crippen LogP contribution in [0.15, 0.2) is 29.3 Å². The standard InChI is InChI=1S/C11H13ClN4/c1-4-5-14-10(7(2)3)8-6-9(12)16-11(13)15-8/h4-6H,1H2,2-3H3,(H2,13,15,16)/b14-5-. The third-order valence-electron chi connectivity index (χ3n) is 1.74. The highest BCUT2D eigenvalue weighted by atomic mass is 35.5. The molecule has 0 unspecified atom stereocenters. The normalized spacial score (nSPS) is 10.4. The Bertz CT molecular complexity index is 439. The summed E-state index contributed by atoms with van der Waals surface area (Å²) in [6, 6.07) is 1.63. The second-order valence-electron chi connectivity index (χ2n) is 3.30. The third-order valence-corrected chi connectivity index (χ3v) is 1.93. The Labute approximate surface area is 99.6 Å². The lowest BCUT2D eigenvalue weighted by Gasteiger charge is -2.04. The molecule has 1 aromatic heterocycles. The summed E-state index contributed by atoms with van der Waals surface area (Å²) in [7, 11) is 0. The van der Waals surface area contributed by atoms with Crippen molar-refractivity contribution in [1.29, 1.82) is 0 Å². The molecule has 0 atom stereocenters. The molecular formula is C11H13ClN4. The predicted molar refractivity (Wildman–Crippen MR) is 68.4 cm³/mol. The number of halogens is 1. The van der Waals surface area contributed by atoms with Gasteiger partial charge >= 0.3 is 0 Å². The third kappa shape index (κ3) is 3.17. The van der Waals surface area contributed by atoms with Crippen LogP contribution < -0.4 is 5.73 Å². The van der Waals surface area contributed by atoms with E-state index in [1.165, 1.54) is 0 Å². The maximum atomic E-state index is 5.81. The topological polar surface area (TPSA) is 64.2 Å². The van der Waals surface area contributed by atoms with E-state index in [9.17, 15) is 0 Å². The fourth-order valence-electron chi connectivity index (χ4n) is 1.14. The van der Waals surface area contributed by atoms with Gasteiger partial charge in [0, 0.05) is 12.3 Å². The first-order chi connectivity index (χ1) is 7.54. The zero-order valence-electron chi connectivity index (χ0n) is 9.24. The number of anilines is 1. The van der Waals surface area contributed by atoms with Gasteiger partial charge in [0.1, 0.15) is 5.15 Å². The minimum Gasteiger partial charge on any atom is -0.368 e. The van der Waals surface area contributed by atoms with Gasteiger partial charge in [-0.25, -0.2) is 9.97 Å². The summed E-state index contributed by atoms with van der Waals surface area (Å²) >= 11 is 5.81. The van der Waals surface area contributed by atoms with Crippen LogP contribution in [0.4, 0.5) is 5.95 Å². The van der Waals surface area contributed by atoms with Crippen molar-refractivity contribution in [3.05, 3.63) is 35.1 Å². The van der Waals surface area contributed by atoms with Crippen molar-refractivity contribution in [3.63, 3.8) is 0 Å². The molecule has 1 aromatic rings. The van der Waals surface area contributed by atoms with E-state index in [0.29, 0.717) is 10.8 Å². The summed E-state index contributed by atoms with van der Waals surface area (Å²) in [5, 5.41) is 0.301. The SMILES string of the molecule is C=C/C=N\C(=C(C)C)c1cc(Cl)nc(N)n1. The van der Waals surface area contributed by atoms with Gasteiger partial charge in [-0.1, -0.05) is 24.3 Å². The molecule has 5 heteroatoms. The number of hydrogen-bond donors (Lipinski definition) is 1. The van der Waals surface area contributed by atoms with E-state index in [0.717, 1.165) is 11.3 Å². The van der Waals surface area contributed by atoms with E-state index in [1.54, 1.807) is 18.4 Å². The van der Waals surface area contributed by atoms with E-state index in [2.05, 4.69) is 21.5 Å². The smallest absolute Gasteiger partial charge is 0.222 e. The van der Waals surface area contributed by atoms with Gasteiger partial charge in [-0.05, 0) is 19.4 Å². The second-order valence-corrected chi connectivity index (χ2v) is 3.68. The highest BCUT2D eigenvalue weighted by molar-refractivity contribution is 6.29. The summed E-state index contributed by atoms with van der Waals surface area (Å²) in [5.74, 6) is 0.134. The average molecular weight is 237 g/mol. The van der Waals surface area contributed by atoms with Crippen LogP contribution in [0.3, 0.4) is 0 Å². The van der Waals surface area contributed by atoms with Crippen molar-refractivity contribution in [1.82, 2.24) is 9.97 Å². The molecule has 1 heterocycles. The van der Waals surface area contributed by atoms with Gasteiger partial charge in [0.05, 0.1) is 11.4 Å². The predicted octanol–water partition coefficient (Wildman–Crippen LogP) is 2.72. The Kier molecular flexibility index (Phi) is 4.19. The molecule has 84 valence electrons.